The second kappa shape index (κ2) is 6.65. The van der Waals surface area contributed by atoms with E-state index in [0.717, 1.165) is 43.0 Å². The summed E-state index contributed by atoms with van der Waals surface area (Å²) < 4.78 is 13.1. The quantitative estimate of drug-likeness (QED) is 0.808. The highest BCUT2D eigenvalue weighted by Crippen LogP contribution is 2.38. The molecule has 1 unspecified atom stereocenters. The average Bonchev–Trinajstić information content (AvgIpc) is 2.61. The van der Waals surface area contributed by atoms with Gasteiger partial charge in [-0.25, -0.2) is 9.38 Å². The number of nitrogens with one attached hydrogen (secondary N) is 1. The number of rotatable bonds is 1. The minimum atomic E-state index is -0.551. The highest BCUT2D eigenvalue weighted by molar-refractivity contribution is 6.34. The van der Waals surface area contributed by atoms with Gasteiger partial charge in [-0.15, -0.1) is 0 Å². The molecule has 0 radical (unpaired) electrons. The minimum Gasteiger partial charge on any atom is -0.325 e. The van der Waals surface area contributed by atoms with Crippen LogP contribution in [-0.4, -0.2) is 17.5 Å². The number of carbonyl (C=O) groups excluding carboxylic acids is 2. The largest absolute Gasteiger partial charge is 0.325 e. The van der Waals surface area contributed by atoms with Gasteiger partial charge in [0.25, 0.3) is 11.8 Å². The normalized spacial score (nSPS) is 23.3. The first-order valence-corrected chi connectivity index (χ1v) is 8.92. The predicted molar refractivity (Wildman–Crippen MR) is 97.5 cm³/mol. The number of hydrogen-bond donors (Lipinski definition) is 1. The molecule has 26 heavy (non-hydrogen) atoms. The van der Waals surface area contributed by atoms with Crippen molar-refractivity contribution in [1.29, 1.82) is 0 Å². The first-order chi connectivity index (χ1) is 12.5. The fourth-order valence-corrected chi connectivity index (χ4v) is 3.91. The zero-order valence-electron chi connectivity index (χ0n) is 13.9. The van der Waals surface area contributed by atoms with Crippen LogP contribution in [0.25, 0.3) is 0 Å². The number of halogens is 2. The summed E-state index contributed by atoms with van der Waals surface area (Å²) in [5, 5.41) is 2.95. The first kappa shape index (κ1) is 16.9. The average molecular weight is 371 g/mol. The fraction of sp³-hybridized carbons (Fsp3) is 0.250. The lowest BCUT2D eigenvalue weighted by molar-refractivity contribution is -0.117. The Morgan fingerprint density at radius 2 is 2.08 bits per heavy atom. The van der Waals surface area contributed by atoms with Gasteiger partial charge in [-0.2, -0.15) is 0 Å². The van der Waals surface area contributed by atoms with E-state index in [1.807, 2.05) is 6.08 Å². The molecule has 1 aliphatic heterocycles. The summed E-state index contributed by atoms with van der Waals surface area (Å²) in [6, 6.07) is 3.57. The van der Waals surface area contributed by atoms with Crippen LogP contribution >= 0.6 is 11.6 Å². The number of benzene rings is 1. The van der Waals surface area contributed by atoms with Crippen LogP contribution in [0, 0.1) is 11.7 Å². The third kappa shape index (κ3) is 3.03. The molecule has 0 saturated heterocycles. The van der Waals surface area contributed by atoms with Gasteiger partial charge in [0.05, 0.1) is 16.3 Å². The van der Waals surface area contributed by atoms with E-state index < -0.39 is 11.7 Å². The van der Waals surface area contributed by atoms with Crippen LogP contribution in [0.2, 0.25) is 5.02 Å². The second-order valence-electron chi connectivity index (χ2n) is 6.57. The van der Waals surface area contributed by atoms with E-state index in [-0.39, 0.29) is 22.4 Å². The molecule has 1 heterocycles. The van der Waals surface area contributed by atoms with Gasteiger partial charge in [0.2, 0.25) is 0 Å². The van der Waals surface area contributed by atoms with Crippen molar-refractivity contribution in [2.75, 3.05) is 0 Å². The Bertz CT molecular complexity index is 943. The van der Waals surface area contributed by atoms with Gasteiger partial charge in [0, 0.05) is 17.2 Å². The lowest BCUT2D eigenvalue weighted by Gasteiger charge is -2.33. The molecular weight excluding hydrogens is 355 g/mol. The van der Waals surface area contributed by atoms with Crippen LogP contribution < -0.4 is 5.32 Å². The number of amides is 2. The molecular formula is C20H16ClFN2O2. The molecule has 0 aromatic heterocycles. The third-order valence-corrected chi connectivity index (χ3v) is 5.22. The number of allylic oxidation sites excluding steroid dienone is 3. The number of hydrogen-bond acceptors (Lipinski definition) is 2. The Labute approximate surface area is 155 Å². The monoisotopic (exact) mass is 370 g/mol. The first-order valence-electron chi connectivity index (χ1n) is 8.54. The second-order valence-corrected chi connectivity index (χ2v) is 6.97. The summed E-state index contributed by atoms with van der Waals surface area (Å²) in [4.78, 5) is 28.7. The van der Waals surface area contributed by atoms with Gasteiger partial charge in [-0.1, -0.05) is 17.7 Å². The van der Waals surface area contributed by atoms with Crippen molar-refractivity contribution in [3.63, 3.8) is 0 Å². The lowest BCUT2D eigenvalue weighted by Crippen LogP contribution is -2.37. The molecule has 3 aliphatic rings. The van der Waals surface area contributed by atoms with E-state index in [9.17, 15) is 14.0 Å². The number of aliphatic imine (C=N–C) groups is 1. The smallest absolute Gasteiger partial charge is 0.279 e. The van der Waals surface area contributed by atoms with Crippen molar-refractivity contribution in [3.8, 4) is 0 Å². The molecule has 6 heteroatoms. The van der Waals surface area contributed by atoms with E-state index in [2.05, 4.69) is 10.3 Å². The summed E-state index contributed by atoms with van der Waals surface area (Å²) >= 11 is 5.92. The summed E-state index contributed by atoms with van der Waals surface area (Å²) in [5.74, 6) is -1.07. The van der Waals surface area contributed by atoms with Crippen molar-refractivity contribution in [3.05, 3.63) is 69.7 Å². The van der Waals surface area contributed by atoms with Gasteiger partial charge in [0.15, 0.2) is 0 Å². The zero-order chi connectivity index (χ0) is 18.3. The van der Waals surface area contributed by atoms with Crippen molar-refractivity contribution < 1.29 is 14.0 Å². The van der Waals surface area contributed by atoms with Gasteiger partial charge < -0.3 is 5.32 Å². The predicted octanol–water partition coefficient (Wildman–Crippen LogP) is 4.13. The molecule has 4 rings (SSSR count). The van der Waals surface area contributed by atoms with E-state index in [0.29, 0.717) is 5.71 Å². The van der Waals surface area contributed by atoms with E-state index in [1.165, 1.54) is 17.7 Å². The molecule has 132 valence electrons. The molecule has 0 bridgehead atoms. The molecule has 2 aliphatic carbocycles. The van der Waals surface area contributed by atoms with Crippen molar-refractivity contribution in [2.45, 2.75) is 25.7 Å². The number of carbonyl (C=O) groups is 2. The van der Waals surface area contributed by atoms with Crippen LogP contribution in [-0.2, 0) is 4.79 Å². The van der Waals surface area contributed by atoms with Gasteiger partial charge in [-0.05, 0) is 61.6 Å². The molecule has 1 N–H and O–H groups in total. The number of fused-ring (bicyclic) bond motifs is 2. The molecule has 0 saturated carbocycles. The van der Waals surface area contributed by atoms with Crippen LogP contribution in [0.5, 0.6) is 0 Å². The summed E-state index contributed by atoms with van der Waals surface area (Å²) in [7, 11) is 0. The maximum Gasteiger partial charge on any atom is 0.279 e. The molecule has 2 amide bonds. The van der Waals surface area contributed by atoms with E-state index >= 15 is 0 Å². The molecule has 1 atom stereocenters. The summed E-state index contributed by atoms with van der Waals surface area (Å²) in [5.41, 5.74) is 3.39. The van der Waals surface area contributed by atoms with Gasteiger partial charge in [0.1, 0.15) is 5.82 Å². The fourth-order valence-electron chi connectivity index (χ4n) is 3.66. The van der Waals surface area contributed by atoms with Crippen LogP contribution in [0.4, 0.5) is 4.39 Å². The van der Waals surface area contributed by atoms with Crippen molar-refractivity contribution in [2.24, 2.45) is 10.9 Å². The SMILES string of the molecule is O=C1NC2=CC(=NC(=O)c3ccc(F)cc3Cl)C=CC2C2=C1CCCC2. The van der Waals surface area contributed by atoms with E-state index in [4.69, 9.17) is 11.6 Å². The Balaban J connectivity index is 1.63. The van der Waals surface area contributed by atoms with Crippen molar-refractivity contribution in [1.82, 2.24) is 5.32 Å². The highest BCUT2D eigenvalue weighted by Gasteiger charge is 2.33. The molecule has 1 aromatic carbocycles. The highest BCUT2D eigenvalue weighted by atomic mass is 35.5. The minimum absolute atomic E-state index is 0.0210. The summed E-state index contributed by atoms with van der Waals surface area (Å²) in [6.45, 7) is 0. The molecule has 1 aromatic rings. The Hall–Kier alpha value is -2.53. The topological polar surface area (TPSA) is 58.5 Å². The van der Waals surface area contributed by atoms with Gasteiger partial charge in [-0.3, -0.25) is 9.59 Å². The maximum atomic E-state index is 13.1. The van der Waals surface area contributed by atoms with Crippen LogP contribution in [0.3, 0.4) is 0 Å². The van der Waals surface area contributed by atoms with E-state index in [1.54, 1.807) is 12.2 Å². The van der Waals surface area contributed by atoms with Gasteiger partial charge >= 0.3 is 0 Å². The van der Waals surface area contributed by atoms with Crippen LogP contribution in [0.15, 0.2) is 58.3 Å². The lowest BCUT2D eigenvalue weighted by atomic mass is 9.77. The Kier molecular flexibility index (Phi) is 4.32. The molecule has 4 nitrogen and oxygen atoms in total. The standard InChI is InChI=1S/C20H16ClFN2O2/c21-17-9-11(22)5-7-16(17)20(26)23-12-6-8-14-13-3-1-2-4-15(13)19(25)24-18(14)10-12/h5-10,14H,1-4H2,(H,24,25). The Morgan fingerprint density at radius 3 is 2.88 bits per heavy atom. The van der Waals surface area contributed by atoms with Crippen molar-refractivity contribution >= 4 is 29.1 Å². The number of nitrogens with zero attached hydrogens (tertiary/aromatic N) is 1. The molecule has 0 spiro atoms. The van der Waals surface area contributed by atoms with Crippen LogP contribution in [0.1, 0.15) is 36.0 Å². The molecule has 0 fully saturated rings. The maximum absolute atomic E-state index is 13.1. The Morgan fingerprint density at radius 1 is 1.27 bits per heavy atom. The zero-order valence-corrected chi connectivity index (χ0v) is 14.6. The third-order valence-electron chi connectivity index (χ3n) is 4.91. The summed E-state index contributed by atoms with van der Waals surface area (Å²) in [6.07, 6.45) is 9.34.